The van der Waals surface area contributed by atoms with E-state index in [-0.39, 0.29) is 23.9 Å². The molecule has 3 aromatic rings. The molecule has 0 spiro atoms. The van der Waals surface area contributed by atoms with Crippen molar-refractivity contribution in [2.75, 3.05) is 0 Å². The van der Waals surface area contributed by atoms with Crippen LogP contribution in [0.1, 0.15) is 24.1 Å². The number of amides is 1. The molecule has 1 aromatic heterocycles. The molecule has 7 heteroatoms. The van der Waals surface area contributed by atoms with Gasteiger partial charge >= 0.3 is 0 Å². The third-order valence-electron chi connectivity index (χ3n) is 4.09. The number of aromatic amines is 1. The molecule has 27 heavy (non-hydrogen) atoms. The number of hydrogen-bond acceptors (Lipinski definition) is 3. The quantitative estimate of drug-likeness (QED) is 0.673. The standard InChI is InChI=1S/C20H17Cl2N3O2/c1-12(13-2-6-16(21)7-3-13)24-18(26)10-15-11-23-19(25-20(15)27)14-4-8-17(22)9-5-14/h2-9,11-12H,10H2,1H3,(H,24,26)(H,23,25,27)/t12-/m1/s1. The lowest BCUT2D eigenvalue weighted by molar-refractivity contribution is -0.121. The van der Waals surface area contributed by atoms with E-state index in [1.165, 1.54) is 6.20 Å². The highest BCUT2D eigenvalue weighted by atomic mass is 35.5. The zero-order valence-corrected chi connectivity index (χ0v) is 16.0. The Balaban J connectivity index is 1.68. The second-order valence-electron chi connectivity index (χ2n) is 6.11. The van der Waals surface area contributed by atoms with Gasteiger partial charge in [-0.15, -0.1) is 0 Å². The average Bonchev–Trinajstić information content (AvgIpc) is 2.64. The molecular formula is C20H17Cl2N3O2. The van der Waals surface area contributed by atoms with E-state index < -0.39 is 0 Å². The van der Waals surface area contributed by atoms with Crippen molar-refractivity contribution in [2.24, 2.45) is 0 Å². The van der Waals surface area contributed by atoms with Gasteiger partial charge in [0.05, 0.1) is 12.5 Å². The fourth-order valence-corrected chi connectivity index (χ4v) is 2.85. The van der Waals surface area contributed by atoms with Crippen LogP contribution in [0.2, 0.25) is 10.0 Å². The van der Waals surface area contributed by atoms with Gasteiger partial charge in [-0.3, -0.25) is 9.59 Å². The van der Waals surface area contributed by atoms with Gasteiger partial charge in [0.15, 0.2) is 0 Å². The lowest BCUT2D eigenvalue weighted by Crippen LogP contribution is -2.30. The van der Waals surface area contributed by atoms with E-state index in [4.69, 9.17) is 23.2 Å². The van der Waals surface area contributed by atoms with E-state index in [0.29, 0.717) is 21.4 Å². The maximum atomic E-state index is 12.3. The van der Waals surface area contributed by atoms with Crippen LogP contribution in [0.5, 0.6) is 0 Å². The highest BCUT2D eigenvalue weighted by Gasteiger charge is 2.13. The Morgan fingerprint density at radius 1 is 1.07 bits per heavy atom. The van der Waals surface area contributed by atoms with Crippen LogP contribution in [0.3, 0.4) is 0 Å². The number of aromatic nitrogens is 2. The Labute approximate surface area is 166 Å². The predicted molar refractivity (Wildman–Crippen MR) is 107 cm³/mol. The molecule has 0 radical (unpaired) electrons. The predicted octanol–water partition coefficient (Wildman–Crippen LogP) is 4.16. The van der Waals surface area contributed by atoms with E-state index in [2.05, 4.69) is 15.3 Å². The molecule has 5 nitrogen and oxygen atoms in total. The van der Waals surface area contributed by atoms with Crippen molar-refractivity contribution in [1.29, 1.82) is 0 Å². The molecule has 0 aliphatic rings. The Morgan fingerprint density at radius 3 is 2.26 bits per heavy atom. The molecule has 0 saturated carbocycles. The van der Waals surface area contributed by atoms with Crippen molar-refractivity contribution >= 4 is 29.1 Å². The molecule has 1 atom stereocenters. The number of hydrogen-bond donors (Lipinski definition) is 2. The minimum atomic E-state index is -0.343. The fourth-order valence-electron chi connectivity index (χ4n) is 2.60. The first kappa shape index (κ1) is 19.1. The Kier molecular flexibility index (Phi) is 5.94. The number of carbonyl (C=O) groups excluding carboxylic acids is 1. The topological polar surface area (TPSA) is 74.8 Å². The largest absolute Gasteiger partial charge is 0.349 e. The molecule has 2 aromatic carbocycles. The summed E-state index contributed by atoms with van der Waals surface area (Å²) in [6.45, 7) is 1.87. The Morgan fingerprint density at radius 2 is 1.67 bits per heavy atom. The number of nitrogens with zero attached hydrogens (tertiary/aromatic N) is 1. The highest BCUT2D eigenvalue weighted by molar-refractivity contribution is 6.30. The maximum absolute atomic E-state index is 12.3. The minimum Gasteiger partial charge on any atom is -0.349 e. The Bertz CT molecular complexity index is 999. The molecule has 0 bridgehead atoms. The Hall–Kier alpha value is -2.63. The van der Waals surface area contributed by atoms with Crippen molar-refractivity contribution in [1.82, 2.24) is 15.3 Å². The molecule has 0 unspecified atom stereocenters. The molecule has 1 amide bonds. The molecule has 3 rings (SSSR count). The highest BCUT2D eigenvalue weighted by Crippen LogP contribution is 2.18. The summed E-state index contributed by atoms with van der Waals surface area (Å²) in [4.78, 5) is 31.5. The van der Waals surface area contributed by atoms with Crippen LogP contribution < -0.4 is 10.9 Å². The first-order valence-corrected chi connectivity index (χ1v) is 9.07. The van der Waals surface area contributed by atoms with Crippen molar-refractivity contribution in [3.8, 4) is 11.4 Å². The summed E-state index contributed by atoms with van der Waals surface area (Å²) in [5.41, 5.74) is 1.62. The normalized spacial score (nSPS) is 11.8. The lowest BCUT2D eigenvalue weighted by Gasteiger charge is -2.14. The van der Waals surface area contributed by atoms with Crippen LogP contribution >= 0.6 is 23.2 Å². The molecular weight excluding hydrogens is 385 g/mol. The van der Waals surface area contributed by atoms with E-state index in [0.717, 1.165) is 11.1 Å². The van der Waals surface area contributed by atoms with Gasteiger partial charge in [-0.2, -0.15) is 0 Å². The summed E-state index contributed by atoms with van der Waals surface area (Å²) in [5.74, 6) is 0.166. The number of nitrogens with one attached hydrogen (secondary N) is 2. The van der Waals surface area contributed by atoms with Crippen LogP contribution in [-0.4, -0.2) is 15.9 Å². The van der Waals surface area contributed by atoms with Crippen LogP contribution in [0.25, 0.3) is 11.4 Å². The number of halogens is 2. The van der Waals surface area contributed by atoms with Crippen molar-refractivity contribution in [3.63, 3.8) is 0 Å². The van der Waals surface area contributed by atoms with E-state index in [9.17, 15) is 9.59 Å². The van der Waals surface area contributed by atoms with Crippen LogP contribution in [0.15, 0.2) is 59.5 Å². The SMILES string of the molecule is C[C@@H](NC(=O)Cc1cnc(-c2ccc(Cl)cc2)[nH]c1=O)c1ccc(Cl)cc1. The van der Waals surface area contributed by atoms with E-state index >= 15 is 0 Å². The van der Waals surface area contributed by atoms with Gasteiger partial charge in [-0.1, -0.05) is 35.3 Å². The van der Waals surface area contributed by atoms with Crippen LogP contribution in [0.4, 0.5) is 0 Å². The zero-order chi connectivity index (χ0) is 19.4. The first-order chi connectivity index (χ1) is 12.9. The average molecular weight is 402 g/mol. The fraction of sp³-hybridized carbons (Fsp3) is 0.150. The second-order valence-corrected chi connectivity index (χ2v) is 6.98. The van der Waals surface area contributed by atoms with Gasteiger partial charge in [-0.25, -0.2) is 4.98 Å². The van der Waals surface area contributed by atoms with E-state index in [1.807, 2.05) is 19.1 Å². The second kappa shape index (κ2) is 8.37. The van der Waals surface area contributed by atoms with Gasteiger partial charge in [0.25, 0.3) is 5.56 Å². The minimum absolute atomic E-state index is 0.0544. The molecule has 138 valence electrons. The van der Waals surface area contributed by atoms with Gasteiger partial charge in [-0.05, 0) is 48.9 Å². The number of carbonyl (C=O) groups is 1. The molecule has 0 aliphatic heterocycles. The van der Waals surface area contributed by atoms with Gasteiger partial charge in [0.2, 0.25) is 5.91 Å². The summed E-state index contributed by atoms with van der Waals surface area (Å²) < 4.78 is 0. The van der Waals surface area contributed by atoms with Crippen molar-refractivity contribution < 1.29 is 4.79 Å². The monoisotopic (exact) mass is 401 g/mol. The summed E-state index contributed by atoms with van der Waals surface area (Å²) in [6.07, 6.45) is 1.37. The van der Waals surface area contributed by atoms with Crippen molar-refractivity contribution in [3.05, 3.63) is 86.3 Å². The molecule has 0 saturated heterocycles. The smallest absolute Gasteiger partial charge is 0.254 e. The molecule has 1 heterocycles. The van der Waals surface area contributed by atoms with Crippen LogP contribution in [-0.2, 0) is 11.2 Å². The van der Waals surface area contributed by atoms with Gasteiger partial charge in [0.1, 0.15) is 5.82 Å². The summed E-state index contributed by atoms with van der Waals surface area (Å²) >= 11 is 11.7. The zero-order valence-electron chi connectivity index (χ0n) is 14.5. The van der Waals surface area contributed by atoms with E-state index in [1.54, 1.807) is 36.4 Å². The molecule has 0 aliphatic carbocycles. The van der Waals surface area contributed by atoms with Crippen molar-refractivity contribution in [2.45, 2.75) is 19.4 Å². The summed E-state index contributed by atoms with van der Waals surface area (Å²) in [7, 11) is 0. The van der Waals surface area contributed by atoms with Gasteiger partial charge in [0, 0.05) is 27.4 Å². The third-order valence-corrected chi connectivity index (χ3v) is 4.59. The summed E-state index contributed by atoms with van der Waals surface area (Å²) in [5, 5.41) is 4.10. The molecule has 0 fully saturated rings. The molecule has 2 N–H and O–H groups in total. The van der Waals surface area contributed by atoms with Crippen LogP contribution in [0, 0.1) is 0 Å². The number of rotatable bonds is 5. The maximum Gasteiger partial charge on any atom is 0.254 e. The summed E-state index contributed by atoms with van der Waals surface area (Å²) in [6, 6.07) is 14.0. The van der Waals surface area contributed by atoms with Gasteiger partial charge < -0.3 is 10.3 Å². The lowest BCUT2D eigenvalue weighted by atomic mass is 10.1. The first-order valence-electron chi connectivity index (χ1n) is 8.31. The third kappa shape index (κ3) is 4.96. The number of benzene rings is 2. The number of H-pyrrole nitrogens is 1.